The number of aromatic nitrogens is 2. The molecule has 0 saturated carbocycles. The molecule has 0 aromatic carbocycles. The van der Waals surface area contributed by atoms with E-state index in [0.29, 0.717) is 17.0 Å². The molecule has 0 atom stereocenters. The number of carboxylic acid groups (broad SMARTS) is 1. The van der Waals surface area contributed by atoms with Gasteiger partial charge < -0.3 is 5.11 Å². The lowest BCUT2D eigenvalue weighted by Crippen LogP contribution is -2.41. The van der Waals surface area contributed by atoms with Crippen LogP contribution in [0.3, 0.4) is 0 Å². The predicted octanol–water partition coefficient (Wildman–Crippen LogP) is 2.02. The molecule has 1 rings (SSSR count). The van der Waals surface area contributed by atoms with Crippen molar-refractivity contribution in [3.8, 4) is 0 Å². The molecule has 1 heterocycles. The Bertz CT molecular complexity index is 542. The van der Waals surface area contributed by atoms with E-state index in [-0.39, 0.29) is 17.6 Å². The van der Waals surface area contributed by atoms with Crippen LogP contribution in [0.2, 0.25) is 0 Å². The lowest BCUT2D eigenvalue weighted by Gasteiger charge is -2.32. The molecule has 0 aliphatic carbocycles. The highest BCUT2D eigenvalue weighted by molar-refractivity contribution is 5.70. The third-order valence-corrected chi connectivity index (χ3v) is 4.05. The number of rotatable bonds is 5. The number of hydrogen-bond acceptors (Lipinski definition) is 3. The van der Waals surface area contributed by atoms with Gasteiger partial charge in [0.15, 0.2) is 0 Å². The van der Waals surface area contributed by atoms with Gasteiger partial charge in [-0.1, -0.05) is 13.8 Å². The van der Waals surface area contributed by atoms with Gasteiger partial charge in [0.25, 0.3) is 0 Å². The van der Waals surface area contributed by atoms with Crippen molar-refractivity contribution in [2.45, 2.75) is 59.4 Å². The van der Waals surface area contributed by atoms with Crippen molar-refractivity contribution in [1.29, 1.82) is 0 Å². The van der Waals surface area contributed by atoms with Gasteiger partial charge in [0.05, 0.1) is 6.42 Å². The van der Waals surface area contributed by atoms with E-state index >= 15 is 0 Å². The second-order valence-corrected chi connectivity index (χ2v) is 5.15. The Kier molecular flexibility index (Phi) is 4.50. The predicted molar refractivity (Wildman–Crippen MR) is 73.5 cm³/mol. The minimum atomic E-state index is -0.909. The fraction of sp³-hybridized carbons (Fsp3) is 0.643. The molecular formula is C14H22N2O3. The first kappa shape index (κ1) is 15.4. The van der Waals surface area contributed by atoms with Crippen molar-refractivity contribution in [3.05, 3.63) is 27.4 Å². The van der Waals surface area contributed by atoms with Gasteiger partial charge in [0, 0.05) is 22.5 Å². The zero-order valence-electron chi connectivity index (χ0n) is 12.3. The van der Waals surface area contributed by atoms with E-state index < -0.39 is 5.97 Å². The lowest BCUT2D eigenvalue weighted by molar-refractivity contribution is -0.136. The fourth-order valence-electron chi connectivity index (χ4n) is 2.41. The van der Waals surface area contributed by atoms with E-state index in [2.05, 4.69) is 4.98 Å². The quantitative estimate of drug-likeness (QED) is 0.885. The summed E-state index contributed by atoms with van der Waals surface area (Å²) in [5, 5.41) is 8.98. The third kappa shape index (κ3) is 2.85. The van der Waals surface area contributed by atoms with Gasteiger partial charge in [-0.15, -0.1) is 0 Å². The van der Waals surface area contributed by atoms with Crippen LogP contribution in [0.25, 0.3) is 0 Å². The highest BCUT2D eigenvalue weighted by Gasteiger charge is 2.27. The molecule has 0 radical (unpaired) electrons. The van der Waals surface area contributed by atoms with E-state index in [1.807, 2.05) is 20.8 Å². The molecule has 0 bridgehead atoms. The van der Waals surface area contributed by atoms with Gasteiger partial charge in [-0.05, 0) is 33.6 Å². The molecule has 0 spiro atoms. The van der Waals surface area contributed by atoms with Crippen LogP contribution >= 0.6 is 0 Å². The summed E-state index contributed by atoms with van der Waals surface area (Å²) in [4.78, 5) is 27.1. The minimum Gasteiger partial charge on any atom is -0.481 e. The number of aliphatic carboxylic acids is 1. The van der Waals surface area contributed by atoms with E-state index in [0.717, 1.165) is 12.8 Å². The first-order valence-corrected chi connectivity index (χ1v) is 6.58. The van der Waals surface area contributed by atoms with Gasteiger partial charge in [0.1, 0.15) is 0 Å². The summed E-state index contributed by atoms with van der Waals surface area (Å²) in [6, 6.07) is 0. The third-order valence-electron chi connectivity index (χ3n) is 4.05. The lowest BCUT2D eigenvalue weighted by atomic mass is 9.93. The van der Waals surface area contributed by atoms with Crippen molar-refractivity contribution in [2.75, 3.05) is 0 Å². The van der Waals surface area contributed by atoms with Crippen LogP contribution in [0.15, 0.2) is 4.79 Å². The molecule has 5 nitrogen and oxygen atoms in total. The van der Waals surface area contributed by atoms with E-state index in [1.165, 1.54) is 0 Å². The van der Waals surface area contributed by atoms with Crippen LogP contribution in [0, 0.1) is 13.8 Å². The zero-order valence-corrected chi connectivity index (χ0v) is 12.3. The Morgan fingerprint density at radius 1 is 1.32 bits per heavy atom. The maximum absolute atomic E-state index is 12.2. The van der Waals surface area contributed by atoms with Crippen LogP contribution < -0.4 is 5.69 Å². The van der Waals surface area contributed by atoms with E-state index in [4.69, 9.17) is 5.11 Å². The Hall–Kier alpha value is -1.65. The number of carbonyl (C=O) groups is 1. The number of hydrogen-bond donors (Lipinski definition) is 1. The normalized spacial score (nSPS) is 11.6. The van der Waals surface area contributed by atoms with Crippen molar-refractivity contribution < 1.29 is 9.90 Å². The zero-order chi connectivity index (χ0) is 14.8. The molecule has 5 heteroatoms. The largest absolute Gasteiger partial charge is 0.481 e. The number of nitrogens with zero attached hydrogens (tertiary/aromatic N) is 2. The van der Waals surface area contributed by atoms with Gasteiger partial charge in [-0.25, -0.2) is 4.79 Å². The van der Waals surface area contributed by atoms with E-state index in [9.17, 15) is 9.59 Å². The fourth-order valence-corrected chi connectivity index (χ4v) is 2.41. The molecule has 19 heavy (non-hydrogen) atoms. The summed E-state index contributed by atoms with van der Waals surface area (Å²) in [5.74, 6) is -0.909. The Morgan fingerprint density at radius 3 is 2.26 bits per heavy atom. The van der Waals surface area contributed by atoms with Crippen molar-refractivity contribution in [1.82, 2.24) is 9.55 Å². The monoisotopic (exact) mass is 266 g/mol. The van der Waals surface area contributed by atoms with Gasteiger partial charge in [-0.2, -0.15) is 4.98 Å². The molecule has 0 aliphatic heterocycles. The van der Waals surface area contributed by atoms with Crippen LogP contribution in [0.5, 0.6) is 0 Å². The maximum Gasteiger partial charge on any atom is 0.348 e. The molecule has 0 aliphatic rings. The number of carboxylic acids is 1. The first-order valence-electron chi connectivity index (χ1n) is 6.58. The van der Waals surface area contributed by atoms with Crippen molar-refractivity contribution in [3.63, 3.8) is 0 Å². The molecule has 1 aromatic heterocycles. The molecule has 106 valence electrons. The first-order chi connectivity index (χ1) is 8.76. The molecule has 1 aromatic rings. The van der Waals surface area contributed by atoms with Crippen LogP contribution in [-0.2, 0) is 16.8 Å². The minimum absolute atomic E-state index is 0.103. The summed E-state index contributed by atoms with van der Waals surface area (Å²) in [6.07, 6.45) is 1.48. The second kappa shape index (κ2) is 5.55. The van der Waals surface area contributed by atoms with Gasteiger partial charge in [-0.3, -0.25) is 9.36 Å². The van der Waals surface area contributed by atoms with Gasteiger partial charge in [0.2, 0.25) is 0 Å². The van der Waals surface area contributed by atoms with Crippen LogP contribution in [0.1, 0.15) is 50.6 Å². The molecule has 0 amide bonds. The van der Waals surface area contributed by atoms with Crippen LogP contribution in [0.4, 0.5) is 0 Å². The SMILES string of the molecule is CCC(C)(CC)n1c(C)c(CC(=O)O)c(C)nc1=O. The van der Waals surface area contributed by atoms with Crippen molar-refractivity contribution >= 4 is 5.97 Å². The highest BCUT2D eigenvalue weighted by atomic mass is 16.4. The molecule has 0 unspecified atom stereocenters. The number of aryl methyl sites for hydroxylation is 1. The van der Waals surface area contributed by atoms with Crippen molar-refractivity contribution in [2.24, 2.45) is 0 Å². The molecular weight excluding hydrogens is 244 g/mol. The molecule has 0 saturated heterocycles. The maximum atomic E-state index is 12.2. The Morgan fingerprint density at radius 2 is 1.84 bits per heavy atom. The Labute approximate surface area is 113 Å². The summed E-state index contributed by atoms with van der Waals surface area (Å²) in [7, 11) is 0. The van der Waals surface area contributed by atoms with E-state index in [1.54, 1.807) is 18.4 Å². The average molecular weight is 266 g/mol. The summed E-state index contributed by atoms with van der Waals surface area (Å²) in [6.45, 7) is 9.53. The summed E-state index contributed by atoms with van der Waals surface area (Å²) < 4.78 is 1.65. The second-order valence-electron chi connectivity index (χ2n) is 5.15. The Balaban J connectivity index is 3.58. The summed E-state index contributed by atoms with van der Waals surface area (Å²) in [5.41, 5.74) is 1.24. The summed E-state index contributed by atoms with van der Waals surface area (Å²) >= 11 is 0. The van der Waals surface area contributed by atoms with Crippen LogP contribution in [-0.4, -0.2) is 20.6 Å². The average Bonchev–Trinajstić information content (AvgIpc) is 2.33. The smallest absolute Gasteiger partial charge is 0.348 e. The topological polar surface area (TPSA) is 72.2 Å². The standard InChI is InChI=1S/C14H22N2O3/c1-6-14(5,7-2)16-10(4)11(8-12(17)18)9(3)15-13(16)19/h6-8H2,1-5H3,(H,17,18). The molecule has 0 fully saturated rings. The highest BCUT2D eigenvalue weighted by Crippen LogP contribution is 2.25. The molecule has 1 N–H and O–H groups in total. The van der Waals surface area contributed by atoms with Gasteiger partial charge >= 0.3 is 11.7 Å².